The van der Waals surface area contributed by atoms with E-state index in [1.54, 1.807) is 0 Å². The molecular weight excluding hydrogens is 372 g/mol. The Morgan fingerprint density at radius 3 is 2.64 bits per heavy atom. The Morgan fingerprint density at radius 1 is 1.29 bits per heavy atom. The third kappa shape index (κ3) is 4.28. The average Bonchev–Trinajstić information content (AvgIpc) is 2.91. The summed E-state index contributed by atoms with van der Waals surface area (Å²) >= 11 is 1.41. The molecule has 0 atom stereocenters. The van der Waals surface area contributed by atoms with Gasteiger partial charge in [-0.3, -0.25) is 4.79 Å². The van der Waals surface area contributed by atoms with Crippen molar-refractivity contribution in [3.8, 4) is 0 Å². The number of benzene rings is 1. The second-order valence-electron chi connectivity index (χ2n) is 8.71. The highest BCUT2D eigenvalue weighted by atomic mass is 32.1. The fraction of sp³-hybridized carbons (Fsp3) is 0.455. The minimum Gasteiger partial charge on any atom is -0.478 e. The second-order valence-corrected chi connectivity index (χ2v) is 9.81. The molecule has 1 heterocycles. The number of amides is 1. The van der Waals surface area contributed by atoms with Crippen LogP contribution in [0.15, 0.2) is 18.2 Å². The zero-order chi connectivity index (χ0) is 20.6. The van der Waals surface area contributed by atoms with Crippen molar-refractivity contribution in [3.63, 3.8) is 0 Å². The lowest BCUT2D eigenvalue weighted by Crippen LogP contribution is -2.23. The SMILES string of the molecule is Cc1ccc(CN(C)C)c(C(=O)Nc2sc3c(c2C(=O)O)CC(C)(C)CC3)c1. The predicted molar refractivity (Wildman–Crippen MR) is 114 cm³/mol. The van der Waals surface area contributed by atoms with Crippen molar-refractivity contribution in [3.05, 3.63) is 50.9 Å². The third-order valence-corrected chi connectivity index (χ3v) is 6.42. The van der Waals surface area contributed by atoms with Gasteiger partial charge in [-0.15, -0.1) is 11.3 Å². The Kier molecular flexibility index (Phi) is 5.64. The lowest BCUT2D eigenvalue weighted by molar-refractivity contribution is 0.0696. The lowest BCUT2D eigenvalue weighted by Gasteiger charge is -2.29. The molecule has 6 heteroatoms. The van der Waals surface area contributed by atoms with Gasteiger partial charge in [0.15, 0.2) is 0 Å². The van der Waals surface area contributed by atoms with E-state index in [0.29, 0.717) is 17.1 Å². The molecule has 3 rings (SSSR count). The Labute approximate surface area is 170 Å². The van der Waals surface area contributed by atoms with Crippen LogP contribution < -0.4 is 5.32 Å². The Bertz CT molecular complexity index is 928. The molecule has 1 aliphatic carbocycles. The minimum atomic E-state index is -0.969. The van der Waals surface area contributed by atoms with Crippen LogP contribution in [0, 0.1) is 12.3 Å². The Balaban J connectivity index is 1.97. The van der Waals surface area contributed by atoms with Crippen LogP contribution >= 0.6 is 11.3 Å². The summed E-state index contributed by atoms with van der Waals surface area (Å²) in [4.78, 5) is 28.2. The summed E-state index contributed by atoms with van der Waals surface area (Å²) in [5.41, 5.74) is 3.75. The van der Waals surface area contributed by atoms with E-state index in [-0.39, 0.29) is 16.9 Å². The second kappa shape index (κ2) is 7.68. The highest BCUT2D eigenvalue weighted by Gasteiger charge is 2.33. The summed E-state index contributed by atoms with van der Waals surface area (Å²) in [5, 5.41) is 13.2. The van der Waals surface area contributed by atoms with Crippen LogP contribution in [0.2, 0.25) is 0 Å². The maximum atomic E-state index is 13.1. The van der Waals surface area contributed by atoms with Gasteiger partial charge in [0.05, 0.1) is 5.56 Å². The Morgan fingerprint density at radius 2 is 2.00 bits per heavy atom. The maximum Gasteiger partial charge on any atom is 0.339 e. The van der Waals surface area contributed by atoms with Crippen molar-refractivity contribution in [2.75, 3.05) is 19.4 Å². The van der Waals surface area contributed by atoms with Crippen molar-refractivity contribution in [2.45, 2.75) is 46.6 Å². The van der Waals surface area contributed by atoms with Gasteiger partial charge >= 0.3 is 5.97 Å². The highest BCUT2D eigenvalue weighted by Crippen LogP contribution is 2.43. The van der Waals surface area contributed by atoms with Gasteiger partial charge in [0, 0.05) is 17.0 Å². The van der Waals surface area contributed by atoms with Crippen LogP contribution in [0.1, 0.15) is 62.6 Å². The number of nitrogens with zero attached hydrogens (tertiary/aromatic N) is 1. The molecule has 0 bridgehead atoms. The number of carbonyl (C=O) groups is 2. The van der Waals surface area contributed by atoms with Crippen molar-refractivity contribution < 1.29 is 14.7 Å². The van der Waals surface area contributed by atoms with E-state index in [9.17, 15) is 14.7 Å². The molecule has 5 nitrogen and oxygen atoms in total. The molecule has 0 unspecified atom stereocenters. The lowest BCUT2D eigenvalue weighted by atomic mass is 9.76. The summed E-state index contributed by atoms with van der Waals surface area (Å²) in [7, 11) is 3.91. The number of carbonyl (C=O) groups excluding carboxylic acids is 1. The number of carboxylic acid groups (broad SMARTS) is 1. The van der Waals surface area contributed by atoms with Crippen LogP contribution in [0.3, 0.4) is 0 Å². The molecule has 0 fully saturated rings. The maximum absolute atomic E-state index is 13.1. The van der Waals surface area contributed by atoms with Crippen LogP contribution in [-0.4, -0.2) is 36.0 Å². The van der Waals surface area contributed by atoms with Gasteiger partial charge in [0.1, 0.15) is 5.00 Å². The topological polar surface area (TPSA) is 69.6 Å². The van der Waals surface area contributed by atoms with Gasteiger partial charge in [-0.05, 0) is 62.9 Å². The number of anilines is 1. The predicted octanol–water partition coefficient (Wildman–Crippen LogP) is 4.58. The summed E-state index contributed by atoms with van der Waals surface area (Å²) in [6, 6.07) is 5.82. The normalized spacial score (nSPS) is 15.4. The van der Waals surface area contributed by atoms with Gasteiger partial charge < -0.3 is 15.3 Å². The largest absolute Gasteiger partial charge is 0.478 e. The molecule has 0 saturated heterocycles. The van der Waals surface area contributed by atoms with Gasteiger partial charge in [0.25, 0.3) is 5.91 Å². The molecule has 1 amide bonds. The molecule has 1 aliphatic rings. The number of fused-ring (bicyclic) bond motifs is 1. The number of nitrogens with one attached hydrogen (secondary N) is 1. The first-order chi connectivity index (χ1) is 13.1. The molecule has 28 heavy (non-hydrogen) atoms. The molecule has 1 aromatic heterocycles. The number of hydrogen-bond donors (Lipinski definition) is 2. The fourth-order valence-electron chi connectivity index (χ4n) is 3.78. The number of carboxylic acids is 1. The fourth-order valence-corrected chi connectivity index (χ4v) is 4.99. The van der Waals surface area contributed by atoms with Crippen LogP contribution in [0.4, 0.5) is 5.00 Å². The molecular formula is C22H28N2O3S. The standard InChI is InChI=1S/C22H28N2O3S/c1-13-6-7-14(12-24(4)5)15(10-13)19(25)23-20-18(21(26)27)16-11-22(2,3)9-8-17(16)28-20/h6-7,10H,8-9,11-12H2,1-5H3,(H,23,25)(H,26,27). The van der Waals surface area contributed by atoms with E-state index in [1.807, 2.05) is 44.1 Å². The van der Waals surface area contributed by atoms with E-state index in [4.69, 9.17) is 0 Å². The monoisotopic (exact) mass is 400 g/mol. The van der Waals surface area contributed by atoms with Crippen molar-refractivity contribution in [1.82, 2.24) is 4.90 Å². The molecule has 1 aromatic carbocycles. The van der Waals surface area contributed by atoms with Gasteiger partial charge in [-0.1, -0.05) is 31.5 Å². The number of aryl methyl sites for hydroxylation is 2. The quantitative estimate of drug-likeness (QED) is 0.771. The van der Waals surface area contributed by atoms with Crippen molar-refractivity contribution >= 4 is 28.2 Å². The van der Waals surface area contributed by atoms with Gasteiger partial charge in [-0.25, -0.2) is 4.79 Å². The smallest absolute Gasteiger partial charge is 0.339 e. The summed E-state index contributed by atoms with van der Waals surface area (Å²) in [6.07, 6.45) is 2.62. The molecule has 0 aliphatic heterocycles. The highest BCUT2D eigenvalue weighted by molar-refractivity contribution is 7.17. The summed E-state index contributed by atoms with van der Waals surface area (Å²) in [5.74, 6) is -1.22. The molecule has 0 saturated carbocycles. The first kappa shape index (κ1) is 20.6. The molecule has 2 N–H and O–H groups in total. The van der Waals surface area contributed by atoms with E-state index in [0.717, 1.165) is 40.8 Å². The van der Waals surface area contributed by atoms with E-state index in [1.165, 1.54) is 11.3 Å². The third-order valence-electron chi connectivity index (χ3n) is 5.21. The number of rotatable bonds is 5. The number of hydrogen-bond acceptors (Lipinski definition) is 4. The van der Waals surface area contributed by atoms with Crippen molar-refractivity contribution in [2.24, 2.45) is 5.41 Å². The molecule has 0 spiro atoms. The Hall–Kier alpha value is -2.18. The number of aromatic carboxylic acids is 1. The van der Waals surface area contributed by atoms with E-state index >= 15 is 0 Å². The summed E-state index contributed by atoms with van der Waals surface area (Å²) in [6.45, 7) is 6.92. The minimum absolute atomic E-state index is 0.0783. The molecule has 150 valence electrons. The first-order valence-corrected chi connectivity index (χ1v) is 10.3. The zero-order valence-corrected chi connectivity index (χ0v) is 18.0. The van der Waals surface area contributed by atoms with E-state index in [2.05, 4.69) is 19.2 Å². The first-order valence-electron chi connectivity index (χ1n) is 9.51. The number of thiophene rings is 1. The van der Waals surface area contributed by atoms with Gasteiger partial charge in [0.2, 0.25) is 0 Å². The zero-order valence-electron chi connectivity index (χ0n) is 17.2. The molecule has 2 aromatic rings. The van der Waals surface area contributed by atoms with E-state index < -0.39 is 5.97 Å². The average molecular weight is 401 g/mol. The van der Waals surface area contributed by atoms with Crippen LogP contribution in [-0.2, 0) is 19.4 Å². The molecule has 0 radical (unpaired) electrons. The van der Waals surface area contributed by atoms with Gasteiger partial charge in [-0.2, -0.15) is 0 Å². The summed E-state index contributed by atoms with van der Waals surface area (Å²) < 4.78 is 0. The van der Waals surface area contributed by atoms with Crippen LogP contribution in [0.5, 0.6) is 0 Å². The van der Waals surface area contributed by atoms with Crippen molar-refractivity contribution in [1.29, 1.82) is 0 Å². The van der Waals surface area contributed by atoms with Crippen LogP contribution in [0.25, 0.3) is 0 Å².